The summed E-state index contributed by atoms with van der Waals surface area (Å²) in [5.41, 5.74) is 5.26. The molecule has 0 unspecified atom stereocenters. The van der Waals surface area contributed by atoms with Crippen LogP contribution in [0.4, 0.5) is 42.0 Å². The maximum atomic E-state index is 13.0. The Morgan fingerprint density at radius 2 is 1.63 bits per heavy atom. The maximum absolute atomic E-state index is 13.0. The summed E-state index contributed by atoms with van der Waals surface area (Å²) in [4.78, 5) is 12.0. The van der Waals surface area contributed by atoms with Crippen molar-refractivity contribution in [3.8, 4) is 0 Å². The minimum Gasteiger partial charge on any atom is -0.393 e. The molecule has 11 heteroatoms. The minimum absolute atomic E-state index is 0.0951. The van der Waals surface area contributed by atoms with Gasteiger partial charge in [-0.15, -0.1) is 0 Å². The van der Waals surface area contributed by atoms with E-state index in [1.54, 1.807) is 12.1 Å². The van der Waals surface area contributed by atoms with E-state index in [1.165, 1.54) is 18.6 Å². The standard InChI is InChI=1S/C16H11Cl2F3N6/c17-8-1-4-12(23-6-8)27-15-13(22)14(24-7-25-15)26-9-2-3-11(18)10(5-9)16(19,20)21/h1-7H,22H2,(H2,23,24,25,26,27). The molecule has 0 amide bonds. The molecule has 1 aromatic carbocycles. The van der Waals surface area contributed by atoms with Crippen molar-refractivity contribution in [2.24, 2.45) is 0 Å². The zero-order valence-corrected chi connectivity index (χ0v) is 14.9. The van der Waals surface area contributed by atoms with Crippen molar-refractivity contribution in [3.63, 3.8) is 0 Å². The third-order valence-corrected chi connectivity index (χ3v) is 3.95. The number of hydrogen-bond donors (Lipinski definition) is 3. The van der Waals surface area contributed by atoms with E-state index < -0.39 is 16.8 Å². The second-order valence-electron chi connectivity index (χ2n) is 5.29. The van der Waals surface area contributed by atoms with Crippen molar-refractivity contribution in [1.82, 2.24) is 15.0 Å². The van der Waals surface area contributed by atoms with Gasteiger partial charge in [0.25, 0.3) is 0 Å². The van der Waals surface area contributed by atoms with Crippen LogP contribution in [0.1, 0.15) is 5.56 Å². The number of alkyl halides is 3. The SMILES string of the molecule is Nc1c(Nc2ccc(Cl)c(C(F)(F)F)c2)ncnc1Nc1ccc(Cl)cn1. The molecule has 0 aliphatic carbocycles. The molecule has 3 aromatic rings. The molecule has 0 bridgehead atoms. The van der Waals surface area contributed by atoms with Gasteiger partial charge in [0.1, 0.15) is 17.8 Å². The molecule has 0 radical (unpaired) electrons. The Morgan fingerprint density at radius 1 is 0.926 bits per heavy atom. The highest BCUT2D eigenvalue weighted by atomic mass is 35.5. The van der Waals surface area contributed by atoms with Gasteiger partial charge < -0.3 is 16.4 Å². The highest BCUT2D eigenvalue weighted by molar-refractivity contribution is 6.31. The number of anilines is 5. The Hall–Kier alpha value is -2.78. The number of rotatable bonds is 4. The smallest absolute Gasteiger partial charge is 0.393 e. The lowest BCUT2D eigenvalue weighted by molar-refractivity contribution is -0.137. The fraction of sp³-hybridized carbons (Fsp3) is 0.0625. The Balaban J connectivity index is 1.87. The molecule has 0 fully saturated rings. The molecule has 27 heavy (non-hydrogen) atoms. The average molecular weight is 415 g/mol. The summed E-state index contributed by atoms with van der Waals surface area (Å²) >= 11 is 11.4. The van der Waals surface area contributed by atoms with E-state index in [1.807, 2.05) is 0 Å². The third kappa shape index (κ3) is 4.50. The second-order valence-corrected chi connectivity index (χ2v) is 6.13. The molecular formula is C16H11Cl2F3N6. The third-order valence-electron chi connectivity index (χ3n) is 3.39. The van der Waals surface area contributed by atoms with Crippen LogP contribution in [0.15, 0.2) is 42.9 Å². The van der Waals surface area contributed by atoms with Crippen molar-refractivity contribution in [1.29, 1.82) is 0 Å². The van der Waals surface area contributed by atoms with Crippen LogP contribution in [0.2, 0.25) is 10.0 Å². The number of nitrogens with two attached hydrogens (primary N) is 1. The molecule has 6 nitrogen and oxygen atoms in total. The van der Waals surface area contributed by atoms with Crippen LogP contribution in [-0.2, 0) is 6.18 Å². The van der Waals surface area contributed by atoms with Crippen LogP contribution < -0.4 is 16.4 Å². The van der Waals surface area contributed by atoms with Crippen LogP contribution in [0.5, 0.6) is 0 Å². The van der Waals surface area contributed by atoms with E-state index in [0.717, 1.165) is 12.1 Å². The summed E-state index contributed by atoms with van der Waals surface area (Å²) in [6.07, 6.45) is -1.94. The first-order valence-electron chi connectivity index (χ1n) is 7.37. The lowest BCUT2D eigenvalue weighted by Gasteiger charge is -2.14. The lowest BCUT2D eigenvalue weighted by Crippen LogP contribution is -2.08. The van der Waals surface area contributed by atoms with Gasteiger partial charge in [-0.25, -0.2) is 15.0 Å². The molecule has 0 saturated carbocycles. The molecule has 0 spiro atoms. The predicted molar refractivity (Wildman–Crippen MR) is 98.7 cm³/mol. The average Bonchev–Trinajstić information content (AvgIpc) is 2.61. The number of nitrogens with one attached hydrogen (secondary N) is 2. The molecule has 4 N–H and O–H groups in total. The molecule has 0 atom stereocenters. The summed E-state index contributed by atoms with van der Waals surface area (Å²) < 4.78 is 39.0. The Bertz CT molecular complexity index is 963. The van der Waals surface area contributed by atoms with E-state index in [-0.39, 0.29) is 23.0 Å². The zero-order valence-electron chi connectivity index (χ0n) is 13.4. The summed E-state index contributed by atoms with van der Waals surface area (Å²) in [6.45, 7) is 0. The van der Waals surface area contributed by atoms with Crippen LogP contribution >= 0.6 is 23.2 Å². The Labute approximate surface area is 161 Å². The highest BCUT2D eigenvalue weighted by Crippen LogP contribution is 2.37. The second kappa shape index (κ2) is 7.45. The fourth-order valence-corrected chi connectivity index (χ4v) is 2.46. The normalized spacial score (nSPS) is 11.3. The van der Waals surface area contributed by atoms with Crippen LogP contribution in [0.3, 0.4) is 0 Å². The summed E-state index contributed by atoms with van der Waals surface area (Å²) in [5.74, 6) is 0.783. The number of nitrogens with zero attached hydrogens (tertiary/aromatic N) is 3. The van der Waals surface area contributed by atoms with Gasteiger partial charge in [0.05, 0.1) is 15.6 Å². The van der Waals surface area contributed by atoms with Gasteiger partial charge >= 0.3 is 6.18 Å². The van der Waals surface area contributed by atoms with E-state index in [0.29, 0.717) is 10.8 Å². The molecule has 140 valence electrons. The van der Waals surface area contributed by atoms with Crippen LogP contribution in [-0.4, -0.2) is 15.0 Å². The topological polar surface area (TPSA) is 88.8 Å². The fourth-order valence-electron chi connectivity index (χ4n) is 2.12. The first kappa shape index (κ1) is 19.0. The highest BCUT2D eigenvalue weighted by Gasteiger charge is 2.33. The minimum atomic E-state index is -4.58. The number of aromatic nitrogens is 3. The predicted octanol–water partition coefficient (Wildman–Crippen LogP) is 5.27. The van der Waals surface area contributed by atoms with E-state index >= 15 is 0 Å². The van der Waals surface area contributed by atoms with Crippen LogP contribution in [0.25, 0.3) is 0 Å². The van der Waals surface area contributed by atoms with Crippen molar-refractivity contribution in [2.75, 3.05) is 16.4 Å². The molecule has 2 aromatic heterocycles. The van der Waals surface area contributed by atoms with Gasteiger partial charge in [0, 0.05) is 11.9 Å². The summed E-state index contributed by atoms with van der Waals surface area (Å²) in [6, 6.07) is 6.64. The van der Waals surface area contributed by atoms with E-state index in [9.17, 15) is 13.2 Å². The van der Waals surface area contributed by atoms with E-state index in [2.05, 4.69) is 25.6 Å². The van der Waals surface area contributed by atoms with Crippen molar-refractivity contribution < 1.29 is 13.2 Å². The molecule has 3 rings (SSSR count). The molecule has 0 aliphatic heterocycles. The first-order chi connectivity index (χ1) is 12.7. The molecule has 0 aliphatic rings. The van der Waals surface area contributed by atoms with Crippen molar-refractivity contribution in [3.05, 3.63) is 58.5 Å². The number of benzene rings is 1. The maximum Gasteiger partial charge on any atom is 0.417 e. The summed E-state index contributed by atoms with van der Waals surface area (Å²) in [5, 5.41) is 5.67. The largest absolute Gasteiger partial charge is 0.417 e. The van der Waals surface area contributed by atoms with Crippen molar-refractivity contribution >= 4 is 52.0 Å². The van der Waals surface area contributed by atoms with Gasteiger partial charge in [-0.2, -0.15) is 13.2 Å². The van der Waals surface area contributed by atoms with Crippen LogP contribution in [0, 0.1) is 0 Å². The number of nitrogen functional groups attached to an aromatic ring is 1. The molecular weight excluding hydrogens is 404 g/mol. The number of hydrogen-bond acceptors (Lipinski definition) is 6. The Kier molecular flexibility index (Phi) is 5.24. The first-order valence-corrected chi connectivity index (χ1v) is 8.12. The van der Waals surface area contributed by atoms with Gasteiger partial charge in [-0.05, 0) is 30.3 Å². The zero-order chi connectivity index (χ0) is 19.6. The van der Waals surface area contributed by atoms with Crippen molar-refractivity contribution in [2.45, 2.75) is 6.18 Å². The van der Waals surface area contributed by atoms with Gasteiger partial charge in [0.2, 0.25) is 0 Å². The van der Waals surface area contributed by atoms with Gasteiger partial charge in [-0.3, -0.25) is 0 Å². The quantitative estimate of drug-likeness (QED) is 0.538. The van der Waals surface area contributed by atoms with E-state index in [4.69, 9.17) is 28.9 Å². The Morgan fingerprint density at radius 3 is 2.26 bits per heavy atom. The van der Waals surface area contributed by atoms with Gasteiger partial charge in [-0.1, -0.05) is 23.2 Å². The molecule has 0 saturated heterocycles. The monoisotopic (exact) mass is 414 g/mol. The molecule has 2 heterocycles. The summed E-state index contributed by atoms with van der Waals surface area (Å²) in [7, 11) is 0. The lowest BCUT2D eigenvalue weighted by atomic mass is 10.2. The van der Waals surface area contributed by atoms with Gasteiger partial charge in [0.15, 0.2) is 11.6 Å². The number of pyridine rings is 1. The number of halogens is 5.